The van der Waals surface area contributed by atoms with Crippen molar-refractivity contribution in [1.82, 2.24) is 14.9 Å². The summed E-state index contributed by atoms with van der Waals surface area (Å²) < 4.78 is 26.1. The third kappa shape index (κ3) is 5.92. The molecule has 0 aliphatic heterocycles. The van der Waals surface area contributed by atoms with Gasteiger partial charge in [-0.25, -0.2) is 13.1 Å². The zero-order chi connectivity index (χ0) is 15.9. The maximum absolute atomic E-state index is 11.9. The van der Waals surface area contributed by atoms with E-state index in [1.54, 1.807) is 32.3 Å². The second-order valence-corrected chi connectivity index (χ2v) is 6.29. The molecule has 0 saturated carbocycles. The van der Waals surface area contributed by atoms with Crippen LogP contribution in [0.3, 0.4) is 0 Å². The van der Waals surface area contributed by atoms with Crippen LogP contribution >= 0.6 is 0 Å². The average Bonchev–Trinajstić information content (AvgIpc) is 2.45. The molecule has 0 saturated heterocycles. The molecule has 0 bridgehead atoms. The van der Waals surface area contributed by atoms with Crippen molar-refractivity contribution in [1.29, 1.82) is 0 Å². The molecule has 21 heavy (non-hydrogen) atoms. The number of benzene rings is 1. The van der Waals surface area contributed by atoms with Crippen molar-refractivity contribution >= 4 is 21.8 Å². The molecule has 1 rings (SSSR count). The topological polar surface area (TPSA) is 95.6 Å². The molecule has 8 heteroatoms. The fourth-order valence-electron chi connectivity index (χ4n) is 1.40. The molecule has 116 valence electrons. The van der Waals surface area contributed by atoms with Gasteiger partial charge in [-0.15, -0.1) is 0 Å². The first-order valence-corrected chi connectivity index (χ1v) is 7.83. The highest BCUT2D eigenvalue weighted by molar-refractivity contribution is 7.89. The molecule has 2 N–H and O–H groups in total. The van der Waals surface area contributed by atoms with Crippen LogP contribution in [0.25, 0.3) is 0 Å². The summed E-state index contributed by atoms with van der Waals surface area (Å²) in [7, 11) is -0.434. The molecule has 7 nitrogen and oxygen atoms in total. The summed E-state index contributed by atoms with van der Waals surface area (Å²) in [5.41, 5.74) is 0. The van der Waals surface area contributed by atoms with Gasteiger partial charge in [-0.2, -0.15) is 0 Å². The number of carbonyl (C=O) groups excluding carboxylic acids is 2. The van der Waals surface area contributed by atoms with Gasteiger partial charge in [-0.05, 0) is 12.1 Å². The average molecular weight is 313 g/mol. The van der Waals surface area contributed by atoms with Crippen molar-refractivity contribution in [3.05, 3.63) is 30.3 Å². The zero-order valence-electron chi connectivity index (χ0n) is 12.0. The Morgan fingerprint density at radius 2 is 1.76 bits per heavy atom. The van der Waals surface area contributed by atoms with Crippen LogP contribution < -0.4 is 10.0 Å². The summed E-state index contributed by atoms with van der Waals surface area (Å²) in [6.45, 7) is -0.128. The van der Waals surface area contributed by atoms with Crippen molar-refractivity contribution in [3.8, 4) is 0 Å². The van der Waals surface area contributed by atoms with E-state index in [1.165, 1.54) is 17.0 Å². The van der Waals surface area contributed by atoms with Gasteiger partial charge in [0.2, 0.25) is 21.8 Å². The van der Waals surface area contributed by atoms with Crippen molar-refractivity contribution < 1.29 is 18.0 Å². The number of nitrogens with zero attached hydrogens (tertiary/aromatic N) is 1. The van der Waals surface area contributed by atoms with Crippen LogP contribution in [0.15, 0.2) is 35.2 Å². The van der Waals surface area contributed by atoms with E-state index >= 15 is 0 Å². The predicted molar refractivity (Wildman–Crippen MR) is 78.0 cm³/mol. The molecular weight excluding hydrogens is 294 g/mol. The van der Waals surface area contributed by atoms with Gasteiger partial charge in [0.25, 0.3) is 0 Å². The number of sulfonamides is 1. The molecule has 0 fully saturated rings. The Hall–Kier alpha value is -1.93. The summed E-state index contributed by atoms with van der Waals surface area (Å²) in [6.07, 6.45) is -0.0349. The minimum absolute atomic E-state index is 0.0286. The number of amides is 2. The number of nitrogens with one attached hydrogen (secondary N) is 2. The molecule has 0 atom stereocenters. The molecule has 0 aliphatic rings. The number of likely N-dealkylation sites (N-methyl/N-ethyl adjacent to an activating group) is 1. The Kier molecular flexibility index (Phi) is 6.32. The molecule has 0 aliphatic carbocycles. The van der Waals surface area contributed by atoms with Crippen molar-refractivity contribution in [3.63, 3.8) is 0 Å². The van der Waals surface area contributed by atoms with E-state index in [1.807, 2.05) is 0 Å². The molecule has 1 aromatic rings. The monoisotopic (exact) mass is 313 g/mol. The smallest absolute Gasteiger partial charge is 0.241 e. The van der Waals surface area contributed by atoms with Crippen molar-refractivity contribution in [2.75, 3.05) is 27.2 Å². The van der Waals surface area contributed by atoms with Gasteiger partial charge in [0, 0.05) is 27.1 Å². The fraction of sp³-hybridized carbons (Fsp3) is 0.385. The minimum Gasteiger partial charge on any atom is -0.347 e. The number of carbonyl (C=O) groups is 2. The zero-order valence-corrected chi connectivity index (χ0v) is 12.8. The van der Waals surface area contributed by atoms with Gasteiger partial charge in [0.15, 0.2) is 0 Å². The Morgan fingerprint density at radius 3 is 2.33 bits per heavy atom. The first-order chi connectivity index (χ1) is 9.83. The van der Waals surface area contributed by atoms with Gasteiger partial charge in [0.1, 0.15) is 0 Å². The second-order valence-electron chi connectivity index (χ2n) is 4.53. The Bertz CT molecular complexity index is 585. The number of hydrogen-bond donors (Lipinski definition) is 2. The molecule has 0 heterocycles. The molecular formula is C13H19N3O4S. The Morgan fingerprint density at radius 1 is 1.14 bits per heavy atom. The number of hydrogen-bond acceptors (Lipinski definition) is 4. The van der Waals surface area contributed by atoms with Gasteiger partial charge in [0.05, 0.1) is 11.4 Å². The van der Waals surface area contributed by atoms with E-state index in [9.17, 15) is 18.0 Å². The lowest BCUT2D eigenvalue weighted by Crippen LogP contribution is -2.37. The standard InChI is InChI=1S/C13H19N3O4S/c1-16(2)13(18)10-14-12(17)8-9-15-21(19,20)11-6-4-3-5-7-11/h3-7,15H,8-10H2,1-2H3,(H,14,17). The molecule has 1 aromatic carbocycles. The summed E-state index contributed by atoms with van der Waals surface area (Å²) in [6, 6.07) is 7.90. The molecule has 2 amide bonds. The maximum atomic E-state index is 11.9. The largest absolute Gasteiger partial charge is 0.347 e. The van der Waals surface area contributed by atoms with Crippen LogP contribution in [0, 0.1) is 0 Å². The van der Waals surface area contributed by atoms with Gasteiger partial charge >= 0.3 is 0 Å². The van der Waals surface area contributed by atoms with E-state index in [2.05, 4.69) is 10.0 Å². The maximum Gasteiger partial charge on any atom is 0.241 e. The lowest BCUT2D eigenvalue weighted by atomic mass is 10.4. The highest BCUT2D eigenvalue weighted by atomic mass is 32.2. The lowest BCUT2D eigenvalue weighted by Gasteiger charge is -2.11. The van der Waals surface area contributed by atoms with Crippen LogP contribution in [-0.4, -0.2) is 52.3 Å². The quantitative estimate of drug-likeness (QED) is 0.713. The summed E-state index contributed by atoms with van der Waals surface area (Å²) in [4.78, 5) is 24.2. The Labute approximate surface area is 124 Å². The predicted octanol–water partition coefficient (Wildman–Crippen LogP) is -0.441. The highest BCUT2D eigenvalue weighted by Gasteiger charge is 2.13. The van der Waals surface area contributed by atoms with E-state index < -0.39 is 10.0 Å². The van der Waals surface area contributed by atoms with Gasteiger partial charge in [-0.3, -0.25) is 9.59 Å². The SMILES string of the molecule is CN(C)C(=O)CNC(=O)CCNS(=O)(=O)c1ccccc1. The van der Waals surface area contributed by atoms with Crippen LogP contribution in [0.5, 0.6) is 0 Å². The summed E-state index contributed by atoms with van der Waals surface area (Å²) in [5, 5.41) is 2.42. The third-order valence-corrected chi connectivity index (χ3v) is 4.11. The minimum atomic E-state index is -3.61. The van der Waals surface area contributed by atoms with Crippen LogP contribution in [0.2, 0.25) is 0 Å². The van der Waals surface area contributed by atoms with Crippen LogP contribution in [0.4, 0.5) is 0 Å². The van der Waals surface area contributed by atoms with Gasteiger partial charge in [-0.1, -0.05) is 18.2 Å². The van der Waals surface area contributed by atoms with Crippen LogP contribution in [-0.2, 0) is 19.6 Å². The summed E-state index contributed by atoms with van der Waals surface area (Å²) >= 11 is 0. The molecule has 0 radical (unpaired) electrons. The van der Waals surface area contributed by atoms with E-state index in [4.69, 9.17) is 0 Å². The van der Waals surface area contributed by atoms with E-state index in [0.29, 0.717) is 0 Å². The first-order valence-electron chi connectivity index (χ1n) is 6.34. The van der Waals surface area contributed by atoms with E-state index in [-0.39, 0.29) is 36.2 Å². The first kappa shape index (κ1) is 17.1. The summed E-state index contributed by atoms with van der Waals surface area (Å²) in [5.74, 6) is -0.617. The van der Waals surface area contributed by atoms with E-state index in [0.717, 1.165) is 0 Å². The normalized spacial score (nSPS) is 11.0. The third-order valence-electron chi connectivity index (χ3n) is 2.63. The molecule has 0 spiro atoms. The van der Waals surface area contributed by atoms with Crippen LogP contribution in [0.1, 0.15) is 6.42 Å². The van der Waals surface area contributed by atoms with Crippen molar-refractivity contribution in [2.24, 2.45) is 0 Å². The Balaban J connectivity index is 2.37. The highest BCUT2D eigenvalue weighted by Crippen LogP contribution is 2.06. The number of rotatable bonds is 7. The molecule has 0 unspecified atom stereocenters. The van der Waals surface area contributed by atoms with Gasteiger partial charge < -0.3 is 10.2 Å². The lowest BCUT2D eigenvalue weighted by molar-refractivity contribution is -0.130. The fourth-order valence-corrected chi connectivity index (χ4v) is 2.46. The van der Waals surface area contributed by atoms with Crippen molar-refractivity contribution in [2.45, 2.75) is 11.3 Å². The molecule has 0 aromatic heterocycles. The second kappa shape index (κ2) is 7.75.